The Bertz CT molecular complexity index is 778. The first-order valence-corrected chi connectivity index (χ1v) is 9.28. The fourth-order valence-corrected chi connectivity index (χ4v) is 3.97. The smallest absolute Gasteiger partial charge is 0.321 e. The molecule has 1 aromatic heterocycles. The van der Waals surface area contributed by atoms with Gasteiger partial charge in [0.15, 0.2) is 0 Å². The average molecular weight is 338 g/mol. The number of hydrogen-bond acceptors (Lipinski definition) is 2. The fourth-order valence-electron chi connectivity index (χ4n) is 3.97. The second-order valence-electron chi connectivity index (χ2n) is 6.95. The van der Waals surface area contributed by atoms with Gasteiger partial charge < -0.3 is 14.8 Å². The maximum Gasteiger partial charge on any atom is 0.321 e. The number of rotatable bonds is 3. The molecule has 0 saturated carbocycles. The van der Waals surface area contributed by atoms with Crippen LogP contribution < -0.4 is 5.32 Å². The predicted molar refractivity (Wildman–Crippen MR) is 102 cm³/mol. The number of piperidine rings is 1. The zero-order valence-corrected chi connectivity index (χ0v) is 14.8. The first-order chi connectivity index (χ1) is 12.2. The van der Waals surface area contributed by atoms with E-state index in [9.17, 15) is 4.79 Å². The van der Waals surface area contributed by atoms with Gasteiger partial charge in [0, 0.05) is 50.6 Å². The molecule has 0 radical (unpaired) electrons. The first kappa shape index (κ1) is 16.2. The van der Waals surface area contributed by atoms with E-state index in [-0.39, 0.29) is 6.03 Å². The van der Waals surface area contributed by atoms with Crippen molar-refractivity contribution in [1.82, 2.24) is 14.4 Å². The van der Waals surface area contributed by atoms with E-state index in [0.717, 1.165) is 51.3 Å². The van der Waals surface area contributed by atoms with Crippen LogP contribution >= 0.6 is 0 Å². The molecule has 1 N–H and O–H groups in total. The van der Waals surface area contributed by atoms with Crippen LogP contribution in [0.1, 0.15) is 19.8 Å². The Morgan fingerprint density at radius 1 is 1.16 bits per heavy atom. The van der Waals surface area contributed by atoms with Crippen LogP contribution in [0.5, 0.6) is 0 Å². The topological polar surface area (TPSA) is 40.5 Å². The zero-order valence-electron chi connectivity index (χ0n) is 14.8. The van der Waals surface area contributed by atoms with Gasteiger partial charge in [0.1, 0.15) is 0 Å². The molecule has 5 heteroatoms. The molecule has 1 saturated heterocycles. The van der Waals surface area contributed by atoms with Crippen LogP contribution in [-0.2, 0) is 6.54 Å². The van der Waals surface area contributed by atoms with Gasteiger partial charge >= 0.3 is 6.03 Å². The molecule has 1 aromatic carbocycles. The summed E-state index contributed by atoms with van der Waals surface area (Å²) in [6, 6.07) is 8.88. The van der Waals surface area contributed by atoms with Crippen molar-refractivity contribution in [3.63, 3.8) is 0 Å². The highest BCUT2D eigenvalue weighted by Gasteiger charge is 2.27. The maximum atomic E-state index is 12.6. The molecule has 2 aliphatic rings. The quantitative estimate of drug-likeness (QED) is 0.870. The predicted octanol–water partition coefficient (Wildman–Crippen LogP) is 3.53. The van der Waals surface area contributed by atoms with Gasteiger partial charge in [-0.1, -0.05) is 18.2 Å². The summed E-state index contributed by atoms with van der Waals surface area (Å²) in [5, 5.41) is 4.29. The van der Waals surface area contributed by atoms with Crippen LogP contribution in [0.3, 0.4) is 0 Å². The average Bonchev–Trinajstić information content (AvgIpc) is 3.31. The fraction of sp³-hybridized carbons (Fsp3) is 0.450. The SMILES string of the molecule is CCn1ccc2ccc(NC(=O)N3CCC(N4CC=CC4)CC3)cc21. The number of amides is 2. The minimum absolute atomic E-state index is 0.0203. The van der Waals surface area contributed by atoms with Crippen molar-refractivity contribution >= 4 is 22.6 Å². The van der Waals surface area contributed by atoms with Crippen molar-refractivity contribution in [3.8, 4) is 0 Å². The number of benzene rings is 1. The number of nitrogens with zero attached hydrogens (tertiary/aromatic N) is 3. The monoisotopic (exact) mass is 338 g/mol. The molecule has 4 rings (SSSR count). The Morgan fingerprint density at radius 2 is 1.92 bits per heavy atom. The van der Waals surface area contributed by atoms with E-state index in [2.05, 4.69) is 58.3 Å². The van der Waals surface area contributed by atoms with Crippen molar-refractivity contribution in [3.05, 3.63) is 42.6 Å². The van der Waals surface area contributed by atoms with Gasteiger partial charge in [0.25, 0.3) is 0 Å². The number of urea groups is 1. The summed E-state index contributed by atoms with van der Waals surface area (Å²) in [7, 11) is 0. The van der Waals surface area contributed by atoms with Gasteiger partial charge in [0.2, 0.25) is 0 Å². The van der Waals surface area contributed by atoms with Crippen LogP contribution in [0, 0.1) is 0 Å². The maximum absolute atomic E-state index is 12.6. The molecule has 3 heterocycles. The molecule has 0 atom stereocenters. The highest BCUT2D eigenvalue weighted by atomic mass is 16.2. The third kappa shape index (κ3) is 3.29. The summed E-state index contributed by atoms with van der Waals surface area (Å²) in [6.45, 7) is 6.85. The number of carbonyl (C=O) groups excluding carboxylic acids is 1. The molecule has 2 aromatic rings. The number of likely N-dealkylation sites (tertiary alicyclic amines) is 1. The molecule has 1 fully saturated rings. The van der Waals surface area contributed by atoms with Crippen LogP contribution in [0.25, 0.3) is 10.9 Å². The molecule has 0 aliphatic carbocycles. The van der Waals surface area contributed by atoms with Gasteiger partial charge in [-0.3, -0.25) is 4.90 Å². The summed E-state index contributed by atoms with van der Waals surface area (Å²) in [5.41, 5.74) is 2.04. The number of fused-ring (bicyclic) bond motifs is 1. The Hall–Kier alpha value is -2.27. The lowest BCUT2D eigenvalue weighted by molar-refractivity contribution is 0.144. The van der Waals surface area contributed by atoms with Crippen LogP contribution in [0.4, 0.5) is 10.5 Å². The van der Waals surface area contributed by atoms with Crippen molar-refractivity contribution < 1.29 is 4.79 Å². The number of hydrogen-bond donors (Lipinski definition) is 1. The van der Waals surface area contributed by atoms with Crippen molar-refractivity contribution in [2.24, 2.45) is 0 Å². The molecular formula is C20H26N4O. The van der Waals surface area contributed by atoms with E-state index >= 15 is 0 Å². The van der Waals surface area contributed by atoms with Crippen molar-refractivity contribution in [2.75, 3.05) is 31.5 Å². The molecule has 2 aliphatic heterocycles. The van der Waals surface area contributed by atoms with Gasteiger partial charge in [-0.2, -0.15) is 0 Å². The Balaban J connectivity index is 1.37. The number of anilines is 1. The van der Waals surface area contributed by atoms with E-state index in [0.29, 0.717) is 6.04 Å². The Labute approximate surface area is 148 Å². The zero-order chi connectivity index (χ0) is 17.2. The van der Waals surface area contributed by atoms with Crippen molar-refractivity contribution in [2.45, 2.75) is 32.4 Å². The summed E-state index contributed by atoms with van der Waals surface area (Å²) >= 11 is 0. The summed E-state index contributed by atoms with van der Waals surface area (Å²) in [5.74, 6) is 0. The minimum atomic E-state index is 0.0203. The lowest BCUT2D eigenvalue weighted by Gasteiger charge is -2.36. The van der Waals surface area contributed by atoms with Gasteiger partial charge in [-0.05, 0) is 43.4 Å². The molecule has 132 valence electrons. The number of carbonyl (C=O) groups is 1. The van der Waals surface area contributed by atoms with Crippen LogP contribution in [0.15, 0.2) is 42.6 Å². The lowest BCUT2D eigenvalue weighted by Crippen LogP contribution is -2.47. The largest absolute Gasteiger partial charge is 0.348 e. The van der Waals surface area contributed by atoms with E-state index in [1.54, 1.807) is 0 Å². The highest BCUT2D eigenvalue weighted by molar-refractivity contribution is 5.92. The van der Waals surface area contributed by atoms with Crippen LogP contribution in [0.2, 0.25) is 0 Å². The summed E-state index contributed by atoms with van der Waals surface area (Å²) in [6.07, 6.45) is 8.69. The van der Waals surface area contributed by atoms with E-state index < -0.39 is 0 Å². The van der Waals surface area contributed by atoms with Gasteiger partial charge in [0.05, 0.1) is 5.52 Å². The molecule has 0 unspecified atom stereocenters. The first-order valence-electron chi connectivity index (χ1n) is 9.28. The molecular weight excluding hydrogens is 312 g/mol. The van der Waals surface area contributed by atoms with E-state index in [4.69, 9.17) is 0 Å². The molecule has 0 spiro atoms. The third-order valence-corrected chi connectivity index (χ3v) is 5.48. The third-order valence-electron chi connectivity index (χ3n) is 5.48. The standard InChI is InChI=1S/C20H26N4O/c1-2-22-12-7-16-5-6-17(15-19(16)22)21-20(25)24-13-8-18(9-14-24)23-10-3-4-11-23/h3-7,12,15,18H,2,8-11,13-14H2,1H3,(H,21,25). The van der Waals surface area contributed by atoms with Gasteiger partial charge in [-0.15, -0.1) is 0 Å². The summed E-state index contributed by atoms with van der Waals surface area (Å²) < 4.78 is 2.20. The summed E-state index contributed by atoms with van der Waals surface area (Å²) in [4.78, 5) is 17.1. The molecule has 0 bridgehead atoms. The number of aryl methyl sites for hydroxylation is 1. The minimum Gasteiger partial charge on any atom is -0.348 e. The lowest BCUT2D eigenvalue weighted by atomic mass is 10.0. The van der Waals surface area contributed by atoms with Crippen molar-refractivity contribution in [1.29, 1.82) is 0 Å². The highest BCUT2D eigenvalue weighted by Crippen LogP contribution is 2.22. The molecule has 5 nitrogen and oxygen atoms in total. The second-order valence-corrected chi connectivity index (χ2v) is 6.95. The Morgan fingerprint density at radius 3 is 2.64 bits per heavy atom. The number of aromatic nitrogens is 1. The number of nitrogens with one attached hydrogen (secondary N) is 1. The van der Waals surface area contributed by atoms with E-state index in [1.807, 2.05) is 11.0 Å². The van der Waals surface area contributed by atoms with Gasteiger partial charge in [-0.25, -0.2) is 4.79 Å². The Kier molecular flexibility index (Phi) is 4.49. The molecule has 25 heavy (non-hydrogen) atoms. The molecule has 2 amide bonds. The van der Waals surface area contributed by atoms with E-state index in [1.165, 1.54) is 10.9 Å². The normalized spacial score (nSPS) is 19.0. The van der Waals surface area contributed by atoms with Crippen LogP contribution in [-0.4, -0.2) is 52.6 Å². The second kappa shape index (κ2) is 6.92.